The van der Waals surface area contributed by atoms with E-state index < -0.39 is 0 Å². The second kappa shape index (κ2) is 6.42. The van der Waals surface area contributed by atoms with Crippen LogP contribution in [0.2, 0.25) is 0 Å². The molecule has 1 amide bonds. The maximum Gasteiger partial charge on any atom is 0.261 e. The fourth-order valence-corrected chi connectivity index (χ4v) is 2.66. The topological polar surface area (TPSA) is 62.5 Å². The van der Waals surface area contributed by atoms with Gasteiger partial charge in [0.1, 0.15) is 12.4 Å². The molecule has 1 atom stereocenters. The van der Waals surface area contributed by atoms with Crippen LogP contribution < -0.4 is 5.32 Å². The number of carbonyl (C=O) groups excluding carboxylic acids is 1. The molecule has 0 radical (unpaired) electrons. The van der Waals surface area contributed by atoms with Crippen LogP contribution in [-0.2, 0) is 0 Å². The smallest absolute Gasteiger partial charge is 0.261 e. The molecule has 2 N–H and O–H groups in total. The molecule has 0 aromatic carbocycles. The Kier molecular flexibility index (Phi) is 4.61. The molecule has 0 saturated carbocycles. The van der Waals surface area contributed by atoms with E-state index in [9.17, 15) is 4.79 Å². The van der Waals surface area contributed by atoms with Crippen molar-refractivity contribution in [3.63, 3.8) is 0 Å². The van der Waals surface area contributed by atoms with Crippen LogP contribution in [0.3, 0.4) is 0 Å². The first kappa shape index (κ1) is 14.4. The van der Waals surface area contributed by atoms with Gasteiger partial charge in [0.25, 0.3) is 5.91 Å². The lowest BCUT2D eigenvalue weighted by molar-refractivity contribution is 0.0939. The number of thiophene rings is 1. The monoisotopic (exact) mass is 289 g/mol. The minimum absolute atomic E-state index is 0.154. The third-order valence-electron chi connectivity index (χ3n) is 2.74. The summed E-state index contributed by atoms with van der Waals surface area (Å²) in [7, 11) is 0. The number of aliphatic hydroxyl groups is 1. The summed E-state index contributed by atoms with van der Waals surface area (Å²) in [5.74, 6) is 5.99. The molecule has 0 spiro atoms. The Labute approximate surface area is 121 Å². The number of hydrogen-bond donors (Lipinski definition) is 2. The molecule has 1 unspecified atom stereocenters. The molecule has 2 aromatic rings. The Morgan fingerprint density at radius 3 is 3.05 bits per heavy atom. The van der Waals surface area contributed by atoms with Gasteiger partial charge < -0.3 is 14.8 Å². The molecule has 0 aliphatic carbocycles. The Hall–Kier alpha value is -2.03. The standard InChI is InChI=1S/C15H15NO3S/c1-10-9-14(20-13(10)6-3-7-17)15(18)16-11(2)12-5-4-8-19-12/h4-5,8-9,11,17H,7H2,1-2H3,(H,16,18). The first-order valence-corrected chi connectivity index (χ1v) is 6.98. The molecule has 2 aromatic heterocycles. The largest absolute Gasteiger partial charge is 0.467 e. The van der Waals surface area contributed by atoms with Gasteiger partial charge in [-0.3, -0.25) is 4.79 Å². The molecule has 0 fully saturated rings. The Balaban J connectivity index is 2.10. The first-order chi connectivity index (χ1) is 9.61. The summed E-state index contributed by atoms with van der Waals surface area (Å²) in [6.45, 7) is 3.57. The van der Waals surface area contributed by atoms with Crippen molar-refractivity contribution < 1.29 is 14.3 Å². The van der Waals surface area contributed by atoms with Gasteiger partial charge in [-0.1, -0.05) is 11.8 Å². The van der Waals surface area contributed by atoms with Gasteiger partial charge in [-0.05, 0) is 37.6 Å². The number of amides is 1. The summed E-state index contributed by atoms with van der Waals surface area (Å²) in [6.07, 6.45) is 1.58. The van der Waals surface area contributed by atoms with Gasteiger partial charge in [-0.15, -0.1) is 11.3 Å². The summed E-state index contributed by atoms with van der Waals surface area (Å²) < 4.78 is 5.25. The van der Waals surface area contributed by atoms with Crippen molar-refractivity contribution in [1.82, 2.24) is 5.32 Å². The molecule has 0 aliphatic rings. The van der Waals surface area contributed by atoms with Crippen molar-refractivity contribution in [2.75, 3.05) is 6.61 Å². The number of aryl methyl sites for hydroxylation is 1. The van der Waals surface area contributed by atoms with E-state index in [1.54, 1.807) is 18.4 Å². The number of carbonyl (C=O) groups is 1. The van der Waals surface area contributed by atoms with Crippen molar-refractivity contribution in [3.05, 3.63) is 45.5 Å². The molecule has 5 heteroatoms. The van der Waals surface area contributed by atoms with Crippen LogP contribution in [0.5, 0.6) is 0 Å². The molecule has 104 valence electrons. The molecule has 0 bridgehead atoms. The molecule has 0 aliphatic heterocycles. The fourth-order valence-electron chi connectivity index (χ4n) is 1.71. The van der Waals surface area contributed by atoms with Gasteiger partial charge in [-0.25, -0.2) is 0 Å². The Morgan fingerprint density at radius 2 is 2.40 bits per heavy atom. The average molecular weight is 289 g/mol. The third kappa shape index (κ3) is 3.29. The lowest BCUT2D eigenvalue weighted by Crippen LogP contribution is -2.25. The van der Waals surface area contributed by atoms with Gasteiger partial charge in [-0.2, -0.15) is 0 Å². The quantitative estimate of drug-likeness (QED) is 0.853. The van der Waals surface area contributed by atoms with E-state index in [4.69, 9.17) is 9.52 Å². The second-order valence-corrected chi connectivity index (χ2v) is 5.35. The zero-order valence-electron chi connectivity index (χ0n) is 11.3. The molecule has 0 saturated heterocycles. The number of nitrogens with one attached hydrogen (secondary N) is 1. The minimum atomic E-state index is -0.188. The first-order valence-electron chi connectivity index (χ1n) is 6.16. The van der Waals surface area contributed by atoms with Crippen molar-refractivity contribution in [1.29, 1.82) is 0 Å². The Morgan fingerprint density at radius 1 is 1.60 bits per heavy atom. The van der Waals surface area contributed by atoms with E-state index in [1.807, 2.05) is 19.9 Å². The Bertz CT molecular complexity index is 646. The second-order valence-electron chi connectivity index (χ2n) is 4.29. The predicted molar refractivity (Wildman–Crippen MR) is 77.6 cm³/mol. The van der Waals surface area contributed by atoms with E-state index in [0.29, 0.717) is 10.6 Å². The highest BCUT2D eigenvalue weighted by atomic mass is 32.1. The molecule has 2 rings (SSSR count). The molecule has 4 nitrogen and oxygen atoms in total. The van der Waals surface area contributed by atoms with Crippen LogP contribution in [0.1, 0.15) is 38.8 Å². The predicted octanol–water partition coefficient (Wildman–Crippen LogP) is 2.48. The van der Waals surface area contributed by atoms with Crippen LogP contribution in [0.4, 0.5) is 0 Å². The summed E-state index contributed by atoms with van der Waals surface area (Å²) in [4.78, 5) is 13.6. The lowest BCUT2D eigenvalue weighted by atomic mass is 10.2. The zero-order chi connectivity index (χ0) is 14.5. The zero-order valence-corrected chi connectivity index (χ0v) is 12.1. The average Bonchev–Trinajstić information content (AvgIpc) is 3.06. The summed E-state index contributed by atoms with van der Waals surface area (Å²) >= 11 is 1.32. The van der Waals surface area contributed by atoms with E-state index >= 15 is 0 Å². The van der Waals surface area contributed by atoms with Crippen molar-refractivity contribution >= 4 is 17.2 Å². The van der Waals surface area contributed by atoms with Crippen LogP contribution in [0.25, 0.3) is 0 Å². The highest BCUT2D eigenvalue weighted by Gasteiger charge is 2.16. The molecule has 2 heterocycles. The lowest BCUT2D eigenvalue weighted by Gasteiger charge is -2.09. The van der Waals surface area contributed by atoms with Crippen molar-refractivity contribution in [2.45, 2.75) is 19.9 Å². The van der Waals surface area contributed by atoms with E-state index in [-0.39, 0.29) is 18.6 Å². The van der Waals surface area contributed by atoms with Gasteiger partial charge in [0, 0.05) is 0 Å². The molecular formula is C15H15NO3S. The highest BCUT2D eigenvalue weighted by Crippen LogP contribution is 2.22. The summed E-state index contributed by atoms with van der Waals surface area (Å²) in [6, 6.07) is 5.22. The summed E-state index contributed by atoms with van der Waals surface area (Å²) in [5.41, 5.74) is 0.937. The van der Waals surface area contributed by atoms with Gasteiger partial charge in [0.05, 0.1) is 22.1 Å². The van der Waals surface area contributed by atoms with Gasteiger partial charge in [0.2, 0.25) is 0 Å². The number of furan rings is 1. The molecular weight excluding hydrogens is 274 g/mol. The number of aliphatic hydroxyl groups excluding tert-OH is 1. The summed E-state index contributed by atoms with van der Waals surface area (Å²) in [5, 5.41) is 11.6. The van der Waals surface area contributed by atoms with E-state index in [0.717, 1.165) is 10.4 Å². The van der Waals surface area contributed by atoms with Crippen LogP contribution >= 0.6 is 11.3 Å². The maximum atomic E-state index is 12.1. The maximum absolute atomic E-state index is 12.1. The van der Waals surface area contributed by atoms with E-state index in [1.165, 1.54) is 11.3 Å². The van der Waals surface area contributed by atoms with Crippen molar-refractivity contribution in [3.8, 4) is 11.8 Å². The van der Waals surface area contributed by atoms with Crippen LogP contribution in [0, 0.1) is 18.8 Å². The van der Waals surface area contributed by atoms with Gasteiger partial charge >= 0.3 is 0 Å². The normalized spacial score (nSPS) is 11.6. The van der Waals surface area contributed by atoms with Crippen molar-refractivity contribution in [2.24, 2.45) is 0 Å². The number of hydrogen-bond acceptors (Lipinski definition) is 4. The molecule has 20 heavy (non-hydrogen) atoms. The fraction of sp³-hybridized carbons (Fsp3) is 0.267. The van der Waals surface area contributed by atoms with Crippen LogP contribution in [-0.4, -0.2) is 17.6 Å². The SMILES string of the molecule is Cc1cc(C(=O)NC(C)c2ccco2)sc1C#CCO. The third-order valence-corrected chi connectivity index (χ3v) is 3.89. The van der Waals surface area contributed by atoms with Gasteiger partial charge in [0.15, 0.2) is 0 Å². The van der Waals surface area contributed by atoms with Crippen LogP contribution in [0.15, 0.2) is 28.9 Å². The minimum Gasteiger partial charge on any atom is -0.467 e. The van der Waals surface area contributed by atoms with E-state index in [2.05, 4.69) is 17.2 Å². The highest BCUT2D eigenvalue weighted by molar-refractivity contribution is 7.14. The number of rotatable bonds is 3.